The summed E-state index contributed by atoms with van der Waals surface area (Å²) in [5.41, 5.74) is 4.42. The molecular formula is C28H35NO3. The van der Waals surface area contributed by atoms with Gasteiger partial charge in [-0.25, -0.2) is 0 Å². The second-order valence-corrected chi connectivity index (χ2v) is 11.5. The quantitative estimate of drug-likeness (QED) is 0.430. The van der Waals surface area contributed by atoms with Crippen LogP contribution in [0.25, 0.3) is 0 Å². The van der Waals surface area contributed by atoms with E-state index in [1.165, 1.54) is 43.9 Å². The summed E-state index contributed by atoms with van der Waals surface area (Å²) in [6.45, 7) is 6.53. The van der Waals surface area contributed by atoms with E-state index in [-0.39, 0.29) is 29.0 Å². The molecule has 0 N–H and O–H groups in total. The Balaban J connectivity index is 1.27. The van der Waals surface area contributed by atoms with Crippen LogP contribution in [-0.2, 0) is 14.4 Å². The van der Waals surface area contributed by atoms with E-state index in [1.807, 2.05) is 0 Å². The van der Waals surface area contributed by atoms with E-state index in [0.717, 1.165) is 31.1 Å². The van der Waals surface area contributed by atoms with Crippen LogP contribution in [0.1, 0.15) is 71.3 Å². The van der Waals surface area contributed by atoms with Gasteiger partial charge in [0.1, 0.15) is 12.2 Å². The van der Waals surface area contributed by atoms with Gasteiger partial charge in [0.05, 0.1) is 5.71 Å². The maximum atomic E-state index is 11.5. The predicted octanol–water partition coefficient (Wildman–Crippen LogP) is 5.91. The summed E-state index contributed by atoms with van der Waals surface area (Å²) in [4.78, 5) is 17.7. The number of ether oxygens (including phenoxy) is 1. The van der Waals surface area contributed by atoms with E-state index in [1.54, 1.807) is 5.57 Å². The Hall–Kier alpha value is -2.10. The number of hydrogen-bond acceptors (Lipinski definition) is 4. The largest absolute Gasteiger partial charge is 0.462 e. The van der Waals surface area contributed by atoms with Crippen LogP contribution in [0.2, 0.25) is 0 Å². The first-order chi connectivity index (χ1) is 15.4. The Morgan fingerprint density at radius 2 is 1.94 bits per heavy atom. The molecule has 3 saturated carbocycles. The molecule has 0 bridgehead atoms. The van der Waals surface area contributed by atoms with E-state index in [4.69, 9.17) is 9.57 Å². The summed E-state index contributed by atoms with van der Waals surface area (Å²) < 4.78 is 5.60. The van der Waals surface area contributed by atoms with Crippen LogP contribution < -0.4 is 0 Å². The minimum atomic E-state index is -0.144. The predicted molar refractivity (Wildman–Crippen MR) is 124 cm³/mol. The van der Waals surface area contributed by atoms with Crippen molar-refractivity contribution in [2.24, 2.45) is 39.7 Å². The van der Waals surface area contributed by atoms with Gasteiger partial charge in [-0.3, -0.25) is 4.79 Å². The van der Waals surface area contributed by atoms with Crippen LogP contribution >= 0.6 is 0 Å². The number of oxime groups is 1. The fourth-order valence-corrected chi connectivity index (χ4v) is 8.47. The lowest BCUT2D eigenvalue weighted by molar-refractivity contribution is -0.149. The third-order valence-electron chi connectivity index (χ3n) is 10.0. The molecule has 170 valence electrons. The van der Waals surface area contributed by atoms with Gasteiger partial charge in [0.2, 0.25) is 0 Å². The number of benzene rings is 1. The average molecular weight is 434 g/mol. The molecule has 0 spiro atoms. The zero-order valence-electron chi connectivity index (χ0n) is 19.5. The normalized spacial score (nSPS) is 44.2. The van der Waals surface area contributed by atoms with Gasteiger partial charge in [-0.05, 0) is 67.3 Å². The van der Waals surface area contributed by atoms with Crippen molar-refractivity contribution >= 4 is 11.7 Å². The Morgan fingerprint density at radius 3 is 2.72 bits per heavy atom. The van der Waals surface area contributed by atoms with Gasteiger partial charge >= 0.3 is 5.97 Å². The van der Waals surface area contributed by atoms with Gasteiger partial charge in [0.25, 0.3) is 0 Å². The molecule has 1 aromatic carbocycles. The van der Waals surface area contributed by atoms with Crippen molar-refractivity contribution in [3.63, 3.8) is 0 Å². The highest BCUT2D eigenvalue weighted by Crippen LogP contribution is 2.67. The van der Waals surface area contributed by atoms with E-state index < -0.39 is 0 Å². The molecule has 3 fully saturated rings. The molecular weight excluding hydrogens is 398 g/mol. The summed E-state index contributed by atoms with van der Waals surface area (Å²) >= 11 is 0. The standard InChI is InChI=1S/C28H35NO3/c1-17(30)31-20-11-13-27(2)19(15-20)9-10-21-23(27)12-14-28(3)24(21)16-22-25(29-32-26(22)28)18-7-5-4-6-8-18/h4-9,20-24,26H,10-16H2,1-3H3/t20-,21+,22-,23-,24-,26+,27-,28-/m0/s1. The molecule has 0 amide bonds. The molecule has 0 saturated heterocycles. The Labute approximate surface area is 191 Å². The first-order valence-corrected chi connectivity index (χ1v) is 12.6. The maximum Gasteiger partial charge on any atom is 0.302 e. The van der Waals surface area contributed by atoms with Crippen molar-refractivity contribution in [3.8, 4) is 0 Å². The van der Waals surface area contributed by atoms with Crippen molar-refractivity contribution in [1.82, 2.24) is 0 Å². The second kappa shape index (κ2) is 7.20. The fraction of sp³-hybridized carbons (Fsp3) is 0.643. The first-order valence-electron chi connectivity index (χ1n) is 12.6. The molecule has 0 radical (unpaired) electrons. The highest BCUT2D eigenvalue weighted by atomic mass is 16.6. The van der Waals surface area contributed by atoms with Crippen molar-refractivity contribution in [1.29, 1.82) is 0 Å². The SMILES string of the molecule is CC(=O)O[C@H]1CC[C@@]2(C)C(=CC[C@H]3[C@@H]4C[C@H]5C(c6ccccc6)=NO[C@H]5[C@@]4(C)CC[C@@H]32)C1. The van der Waals surface area contributed by atoms with Crippen LogP contribution in [0.4, 0.5) is 0 Å². The highest BCUT2D eigenvalue weighted by molar-refractivity contribution is 6.03. The van der Waals surface area contributed by atoms with Gasteiger partial charge in [0, 0.05) is 24.7 Å². The summed E-state index contributed by atoms with van der Waals surface area (Å²) in [6, 6.07) is 10.6. The number of fused-ring (bicyclic) bond motifs is 7. The van der Waals surface area contributed by atoms with Gasteiger partial charge in [-0.1, -0.05) is 61.0 Å². The molecule has 1 heterocycles. The number of rotatable bonds is 2. The van der Waals surface area contributed by atoms with Crippen molar-refractivity contribution in [2.75, 3.05) is 0 Å². The Bertz CT molecular complexity index is 984. The first kappa shape index (κ1) is 20.5. The van der Waals surface area contributed by atoms with Crippen LogP contribution in [0.3, 0.4) is 0 Å². The highest BCUT2D eigenvalue weighted by Gasteiger charge is 2.64. The summed E-state index contributed by atoms with van der Waals surface area (Å²) in [6.07, 6.45) is 10.8. The van der Waals surface area contributed by atoms with E-state index in [0.29, 0.717) is 11.8 Å². The molecule has 1 aliphatic heterocycles. The topological polar surface area (TPSA) is 47.9 Å². The zero-order valence-corrected chi connectivity index (χ0v) is 19.5. The maximum absolute atomic E-state index is 11.5. The van der Waals surface area contributed by atoms with Gasteiger partial charge in [0.15, 0.2) is 0 Å². The average Bonchev–Trinajstić information content (AvgIpc) is 3.32. The molecule has 6 rings (SSSR count). The lowest BCUT2D eigenvalue weighted by Crippen LogP contribution is -2.51. The minimum Gasteiger partial charge on any atom is -0.462 e. The zero-order chi connectivity index (χ0) is 22.1. The molecule has 0 aromatic heterocycles. The molecule has 5 aliphatic rings. The summed E-state index contributed by atoms with van der Waals surface area (Å²) in [7, 11) is 0. The number of carbonyl (C=O) groups excluding carboxylic acids is 1. The summed E-state index contributed by atoms with van der Waals surface area (Å²) in [5, 5.41) is 4.61. The lowest BCUT2D eigenvalue weighted by atomic mass is 9.48. The fourth-order valence-electron chi connectivity index (χ4n) is 8.47. The summed E-state index contributed by atoms with van der Waals surface area (Å²) in [5.74, 6) is 2.42. The minimum absolute atomic E-state index is 0.0705. The monoisotopic (exact) mass is 433 g/mol. The molecule has 1 aromatic rings. The van der Waals surface area contributed by atoms with Gasteiger partial charge < -0.3 is 9.57 Å². The van der Waals surface area contributed by atoms with E-state index in [9.17, 15) is 4.79 Å². The van der Waals surface area contributed by atoms with Crippen molar-refractivity contribution < 1.29 is 14.4 Å². The van der Waals surface area contributed by atoms with Gasteiger partial charge in [-0.2, -0.15) is 0 Å². The number of allylic oxidation sites excluding steroid dienone is 1. The Kier molecular flexibility index (Phi) is 4.61. The molecule has 4 aliphatic carbocycles. The van der Waals surface area contributed by atoms with E-state index >= 15 is 0 Å². The van der Waals surface area contributed by atoms with E-state index in [2.05, 4.69) is 55.4 Å². The van der Waals surface area contributed by atoms with Crippen LogP contribution in [-0.4, -0.2) is 23.9 Å². The third-order valence-corrected chi connectivity index (χ3v) is 10.0. The number of hydrogen-bond donors (Lipinski definition) is 0. The smallest absolute Gasteiger partial charge is 0.302 e. The van der Waals surface area contributed by atoms with Gasteiger partial charge in [-0.15, -0.1) is 0 Å². The molecule has 4 nitrogen and oxygen atoms in total. The number of carbonyl (C=O) groups is 1. The van der Waals surface area contributed by atoms with Crippen LogP contribution in [0.15, 0.2) is 47.1 Å². The number of nitrogens with zero attached hydrogens (tertiary/aromatic N) is 1. The second-order valence-electron chi connectivity index (χ2n) is 11.5. The van der Waals surface area contributed by atoms with Crippen molar-refractivity contribution in [3.05, 3.63) is 47.5 Å². The molecule has 8 atom stereocenters. The molecule has 0 unspecified atom stereocenters. The number of esters is 1. The Morgan fingerprint density at radius 1 is 1.12 bits per heavy atom. The third kappa shape index (κ3) is 2.87. The lowest BCUT2D eigenvalue weighted by Gasteiger charge is -2.57. The van der Waals surface area contributed by atoms with Crippen molar-refractivity contribution in [2.45, 2.75) is 77.9 Å². The van der Waals surface area contributed by atoms with Crippen LogP contribution in [0, 0.1) is 34.5 Å². The molecule has 32 heavy (non-hydrogen) atoms. The molecule has 4 heteroatoms. The van der Waals surface area contributed by atoms with Crippen LogP contribution in [0.5, 0.6) is 0 Å².